The normalized spacial score (nSPS) is 12.0. The van der Waals surface area contributed by atoms with E-state index in [2.05, 4.69) is 5.32 Å². The van der Waals surface area contributed by atoms with Gasteiger partial charge in [-0.05, 0) is 67.8 Å². The topological polar surface area (TPSA) is 86.8 Å². The van der Waals surface area contributed by atoms with Gasteiger partial charge in [-0.25, -0.2) is 8.42 Å². The molecular formula is C27H30ClN3O4S. The lowest BCUT2D eigenvalue weighted by Crippen LogP contribution is -2.51. The molecule has 0 saturated heterocycles. The fourth-order valence-electron chi connectivity index (χ4n) is 3.82. The number of rotatable bonds is 10. The zero-order chi connectivity index (χ0) is 26.3. The van der Waals surface area contributed by atoms with Crippen molar-refractivity contribution >= 4 is 39.1 Å². The number of aryl methyl sites for hydroxylation is 1. The van der Waals surface area contributed by atoms with E-state index in [1.54, 1.807) is 25.1 Å². The lowest BCUT2D eigenvalue weighted by atomic mass is 10.1. The molecule has 0 spiro atoms. The van der Waals surface area contributed by atoms with Gasteiger partial charge >= 0.3 is 0 Å². The minimum Gasteiger partial charge on any atom is -0.357 e. The van der Waals surface area contributed by atoms with E-state index in [1.807, 2.05) is 43.3 Å². The molecule has 0 aliphatic carbocycles. The van der Waals surface area contributed by atoms with Gasteiger partial charge in [0.1, 0.15) is 12.6 Å². The van der Waals surface area contributed by atoms with Gasteiger partial charge in [0.2, 0.25) is 11.8 Å². The molecule has 0 fully saturated rings. The van der Waals surface area contributed by atoms with Crippen LogP contribution in [0.4, 0.5) is 5.69 Å². The van der Waals surface area contributed by atoms with Crippen molar-refractivity contribution in [1.29, 1.82) is 0 Å². The van der Waals surface area contributed by atoms with Crippen LogP contribution in [-0.4, -0.2) is 51.3 Å². The second-order valence-corrected chi connectivity index (χ2v) is 10.7. The van der Waals surface area contributed by atoms with Gasteiger partial charge < -0.3 is 10.2 Å². The monoisotopic (exact) mass is 527 g/mol. The third kappa shape index (κ3) is 6.65. The molecule has 0 saturated carbocycles. The zero-order valence-corrected chi connectivity index (χ0v) is 22.1. The molecule has 0 aliphatic heterocycles. The lowest BCUT2D eigenvalue weighted by Gasteiger charge is -2.31. The Labute approximate surface area is 217 Å². The maximum absolute atomic E-state index is 13.7. The first-order valence-corrected chi connectivity index (χ1v) is 13.3. The Balaban J connectivity index is 1.97. The zero-order valence-electron chi connectivity index (χ0n) is 20.5. The van der Waals surface area contributed by atoms with E-state index in [0.717, 1.165) is 15.4 Å². The van der Waals surface area contributed by atoms with Crippen molar-refractivity contribution in [2.45, 2.75) is 31.2 Å². The Morgan fingerprint density at radius 2 is 1.64 bits per heavy atom. The number of hydrogen-bond acceptors (Lipinski definition) is 4. The highest BCUT2D eigenvalue weighted by Crippen LogP contribution is 2.26. The van der Waals surface area contributed by atoms with Crippen molar-refractivity contribution in [2.75, 3.05) is 24.4 Å². The first-order valence-electron chi connectivity index (χ1n) is 11.5. The molecule has 190 valence electrons. The Morgan fingerprint density at radius 3 is 2.25 bits per heavy atom. The molecule has 9 heteroatoms. The van der Waals surface area contributed by atoms with Crippen molar-refractivity contribution in [3.05, 3.63) is 95.0 Å². The van der Waals surface area contributed by atoms with Gasteiger partial charge in [-0.2, -0.15) is 0 Å². The molecule has 0 bridgehead atoms. The highest BCUT2D eigenvalue weighted by atomic mass is 35.5. The molecule has 0 heterocycles. The maximum atomic E-state index is 13.7. The van der Waals surface area contributed by atoms with E-state index in [0.29, 0.717) is 17.1 Å². The Hall–Kier alpha value is -3.36. The van der Waals surface area contributed by atoms with Gasteiger partial charge in [0.15, 0.2) is 0 Å². The van der Waals surface area contributed by atoms with Crippen molar-refractivity contribution in [3.8, 4) is 0 Å². The summed E-state index contributed by atoms with van der Waals surface area (Å²) in [4.78, 5) is 27.5. The Kier molecular flexibility index (Phi) is 9.12. The fraction of sp³-hybridized carbons (Fsp3) is 0.259. The number of sulfonamides is 1. The number of nitrogens with one attached hydrogen (secondary N) is 1. The first kappa shape index (κ1) is 27.2. The molecule has 2 amide bonds. The van der Waals surface area contributed by atoms with Crippen LogP contribution in [0.5, 0.6) is 0 Å². The fourth-order valence-corrected chi connectivity index (χ4v) is 5.36. The molecule has 3 aromatic carbocycles. The number of hydrogen-bond donors (Lipinski definition) is 1. The van der Waals surface area contributed by atoms with Gasteiger partial charge in [0.05, 0.1) is 10.6 Å². The second kappa shape index (κ2) is 12.1. The molecule has 7 nitrogen and oxygen atoms in total. The van der Waals surface area contributed by atoms with Gasteiger partial charge in [-0.15, -0.1) is 0 Å². The average Bonchev–Trinajstić information content (AvgIpc) is 2.87. The SMILES string of the molecule is CNC(=O)[C@H](C)N(CCc1ccccc1)C(=O)CN(c1cccc(C)c1)S(=O)(=O)c1ccc(Cl)cc1. The molecular weight excluding hydrogens is 498 g/mol. The number of likely N-dealkylation sites (N-methyl/N-ethyl adjacent to an activating group) is 1. The number of carbonyl (C=O) groups excluding carboxylic acids is 2. The van der Waals surface area contributed by atoms with E-state index < -0.39 is 28.5 Å². The molecule has 0 aliphatic rings. The molecule has 3 aromatic rings. The van der Waals surface area contributed by atoms with Gasteiger partial charge in [-0.1, -0.05) is 54.1 Å². The van der Waals surface area contributed by atoms with Crippen molar-refractivity contribution in [2.24, 2.45) is 0 Å². The van der Waals surface area contributed by atoms with E-state index in [1.165, 1.54) is 36.2 Å². The molecule has 3 rings (SSSR count). The molecule has 1 atom stereocenters. The smallest absolute Gasteiger partial charge is 0.264 e. The van der Waals surface area contributed by atoms with E-state index in [-0.39, 0.29) is 17.3 Å². The largest absolute Gasteiger partial charge is 0.357 e. The third-order valence-corrected chi connectivity index (χ3v) is 7.91. The molecule has 1 N–H and O–H groups in total. The van der Waals surface area contributed by atoms with Crippen LogP contribution in [0.3, 0.4) is 0 Å². The average molecular weight is 528 g/mol. The van der Waals surface area contributed by atoms with Crippen LogP contribution < -0.4 is 9.62 Å². The summed E-state index contributed by atoms with van der Waals surface area (Å²) in [5, 5.41) is 2.98. The van der Waals surface area contributed by atoms with E-state index >= 15 is 0 Å². The number of benzene rings is 3. The third-order valence-electron chi connectivity index (χ3n) is 5.87. The summed E-state index contributed by atoms with van der Waals surface area (Å²) in [7, 11) is -2.61. The lowest BCUT2D eigenvalue weighted by molar-refractivity contribution is -0.138. The first-order chi connectivity index (χ1) is 17.1. The van der Waals surface area contributed by atoms with Crippen LogP contribution in [0.1, 0.15) is 18.1 Å². The molecule has 36 heavy (non-hydrogen) atoms. The standard InChI is InChI=1S/C27H30ClN3O4S/c1-20-8-7-11-24(18-20)31(36(34,35)25-14-12-23(28)13-15-25)19-26(32)30(21(2)27(33)29-3)17-16-22-9-5-4-6-10-22/h4-15,18,21H,16-17,19H2,1-3H3,(H,29,33)/t21-/m0/s1. The van der Waals surface area contributed by atoms with Gasteiger partial charge in [-0.3, -0.25) is 13.9 Å². The quantitative estimate of drug-likeness (QED) is 0.431. The van der Waals surface area contributed by atoms with Crippen LogP contribution in [0.25, 0.3) is 0 Å². The predicted molar refractivity (Wildman–Crippen MR) is 143 cm³/mol. The number of carbonyl (C=O) groups is 2. The summed E-state index contributed by atoms with van der Waals surface area (Å²) in [5.41, 5.74) is 2.20. The van der Waals surface area contributed by atoms with Crippen LogP contribution in [0, 0.1) is 6.92 Å². The van der Waals surface area contributed by atoms with E-state index in [9.17, 15) is 18.0 Å². The number of nitrogens with zero attached hydrogens (tertiary/aromatic N) is 2. The van der Waals surface area contributed by atoms with Gasteiger partial charge in [0.25, 0.3) is 10.0 Å². The Bertz CT molecular complexity index is 1300. The number of amides is 2. The summed E-state index contributed by atoms with van der Waals surface area (Å²) in [5.74, 6) is -0.819. The highest BCUT2D eigenvalue weighted by Gasteiger charge is 2.32. The second-order valence-electron chi connectivity index (χ2n) is 8.42. The maximum Gasteiger partial charge on any atom is 0.264 e. The van der Waals surface area contributed by atoms with Crippen LogP contribution in [0.15, 0.2) is 83.8 Å². The predicted octanol–water partition coefficient (Wildman–Crippen LogP) is 4.05. The van der Waals surface area contributed by atoms with Crippen LogP contribution in [-0.2, 0) is 26.0 Å². The van der Waals surface area contributed by atoms with Crippen molar-refractivity contribution in [3.63, 3.8) is 0 Å². The number of halogens is 1. The summed E-state index contributed by atoms with van der Waals surface area (Å²) < 4.78 is 28.5. The Morgan fingerprint density at radius 1 is 0.972 bits per heavy atom. The molecule has 0 radical (unpaired) electrons. The molecule has 0 unspecified atom stereocenters. The van der Waals surface area contributed by atoms with Crippen LogP contribution >= 0.6 is 11.6 Å². The summed E-state index contributed by atoms with van der Waals surface area (Å²) >= 11 is 5.96. The van der Waals surface area contributed by atoms with Gasteiger partial charge in [0, 0.05) is 18.6 Å². The minimum absolute atomic E-state index is 0.0105. The molecule has 0 aromatic heterocycles. The van der Waals surface area contributed by atoms with Crippen LogP contribution in [0.2, 0.25) is 5.02 Å². The summed E-state index contributed by atoms with van der Waals surface area (Å²) in [6, 6.07) is 21.5. The number of anilines is 1. The van der Waals surface area contributed by atoms with Crippen molar-refractivity contribution in [1.82, 2.24) is 10.2 Å². The highest BCUT2D eigenvalue weighted by molar-refractivity contribution is 7.92. The minimum atomic E-state index is -4.11. The summed E-state index contributed by atoms with van der Waals surface area (Å²) in [6.45, 7) is 3.26. The summed E-state index contributed by atoms with van der Waals surface area (Å²) in [6.07, 6.45) is 0.516. The van der Waals surface area contributed by atoms with Crippen molar-refractivity contribution < 1.29 is 18.0 Å². The van der Waals surface area contributed by atoms with E-state index in [4.69, 9.17) is 11.6 Å².